The Morgan fingerprint density at radius 1 is 0.326 bits per heavy atom. The molecule has 1 saturated carbocycles. The van der Waals surface area contributed by atoms with E-state index in [1.165, 1.54) is 0 Å². The van der Waals surface area contributed by atoms with E-state index in [1.807, 2.05) is 13.1 Å². The molecular weight excluding hydrogens is 1930 g/mol. The zero-order valence-corrected chi connectivity index (χ0v) is 72.4. The van der Waals surface area contributed by atoms with Gasteiger partial charge in [-0.1, -0.05) is 6.07 Å². The van der Waals surface area contributed by atoms with Gasteiger partial charge in [0.15, 0.2) is 179 Å². The molecule has 0 radical (unpaired) electrons. The monoisotopic (exact) mass is 2000 g/mol. The maximum Gasteiger partial charge on any atom is 0.343 e. The fourth-order valence-corrected chi connectivity index (χ4v) is 16.4. The Balaban J connectivity index is 0.000000614. The van der Waals surface area contributed by atoms with Crippen molar-refractivity contribution in [1.29, 1.82) is 0 Å². The maximum absolute atomic E-state index is 15.3. The lowest BCUT2D eigenvalue weighted by Gasteiger charge is -2.61. The molecule has 1 spiro atoms. The highest BCUT2D eigenvalue weighted by molar-refractivity contribution is 6.01. The number of hydrogen-bond acceptors (Lipinski definition) is 51. The molecule has 27 N–H and O–H groups in total. The molecule has 16 rings (SSSR count). The lowest BCUT2D eigenvalue weighted by molar-refractivity contribution is -0.282. The zero-order valence-electron chi connectivity index (χ0n) is 72.4. The number of ketones is 1. The highest BCUT2D eigenvalue weighted by Gasteiger charge is 2.73. The number of ether oxygens (including phenoxy) is 12. The second-order valence-electron chi connectivity index (χ2n) is 32.4. The van der Waals surface area contributed by atoms with Gasteiger partial charge in [-0.2, -0.15) is 0 Å². The first kappa shape index (κ1) is 98.8. The molecule has 0 aromatic heterocycles. The summed E-state index contributed by atoms with van der Waals surface area (Å²) >= 11 is 0. The van der Waals surface area contributed by atoms with Gasteiger partial charge in [0.25, 0.3) is 0 Å². The van der Waals surface area contributed by atoms with E-state index in [4.69, 9.17) is 56.8 Å². The lowest BCUT2D eigenvalue weighted by atomic mass is 9.49. The van der Waals surface area contributed by atoms with Crippen LogP contribution in [0.2, 0.25) is 0 Å². The molecule has 5 aliphatic rings. The van der Waals surface area contributed by atoms with Crippen molar-refractivity contribution in [3.63, 3.8) is 0 Å². The minimum absolute atomic E-state index is 0.00319. The van der Waals surface area contributed by atoms with Crippen LogP contribution in [-0.2, 0) is 45.1 Å². The van der Waals surface area contributed by atoms with Gasteiger partial charge < -0.3 is 200 Å². The SMILES string of the molecule is CN1CC[C@]23c4c5ccc(O)c4O[C@H]2C(=O)CC[C@@]3(O)[C@H]1C5.O=C(OC[C@H]1O[C@@H](OC(=O)c2cc(O)c(O)c(OC(=O)c3cc(O)c(O)c(O)c3)c2)[C@H](OC(=O)c2cc(O)c(O)c(OC(=O)c3cc(O)c(O)c(O)c3)c2)[C@@H](OC(=O)c2cc(O)c(O)c(OC(=O)c3cc(O)c(O)c(O)c3)c2)[C@@H]1OC(=O)c1cc(O)c(O)c(OC(=O)c2cc(O)c(O)c(O)c2)c1)c1cc(O)c(O)c(OC(=O)c2cc(O)c(O)c(O)c2)c1. The number of hydrogen-bond donors (Lipinski definition) is 27. The van der Waals surface area contributed by atoms with Crippen LogP contribution in [0.4, 0.5) is 0 Å². The first-order chi connectivity index (χ1) is 67.8. The quantitative estimate of drug-likeness (QED) is 0.0180. The van der Waals surface area contributed by atoms with Crippen molar-refractivity contribution in [2.24, 2.45) is 0 Å². The van der Waals surface area contributed by atoms with Crippen LogP contribution < -0.4 is 28.4 Å². The van der Waals surface area contributed by atoms with Crippen molar-refractivity contribution in [3.8, 4) is 184 Å². The normalized spacial score (nSPS) is 18.8. The summed E-state index contributed by atoms with van der Waals surface area (Å²) in [7, 11) is 2.04. The van der Waals surface area contributed by atoms with E-state index in [-0.39, 0.29) is 17.6 Å². The molecule has 3 heterocycles. The third-order valence-corrected chi connectivity index (χ3v) is 23.4. The van der Waals surface area contributed by atoms with Crippen molar-refractivity contribution in [1.82, 2.24) is 4.90 Å². The van der Waals surface area contributed by atoms with Gasteiger partial charge in [0, 0.05) is 18.0 Å². The van der Waals surface area contributed by atoms with Gasteiger partial charge in [-0.25, -0.2) is 47.9 Å². The van der Waals surface area contributed by atoms with Crippen molar-refractivity contribution in [2.75, 3.05) is 20.2 Å². The van der Waals surface area contributed by atoms with E-state index in [9.17, 15) is 176 Å². The number of likely N-dealkylation sites (tertiary alicyclic amines) is 1. The van der Waals surface area contributed by atoms with Crippen LogP contribution in [0.15, 0.2) is 133 Å². The smallest absolute Gasteiger partial charge is 0.343 e. The van der Waals surface area contributed by atoms with Gasteiger partial charge >= 0.3 is 59.7 Å². The molecule has 144 heavy (non-hydrogen) atoms. The Bertz CT molecular complexity index is 7190. The highest BCUT2D eigenvalue weighted by Crippen LogP contribution is 2.65. The van der Waals surface area contributed by atoms with Crippen LogP contribution in [-0.4, -0.2) is 277 Å². The Kier molecular flexibility index (Phi) is 25.8. The average Bonchev–Trinajstić information content (AvgIpc) is 1.48. The molecule has 51 heteroatoms. The Labute approximate surface area is 798 Å². The molecule has 3 fully saturated rings. The topological polar surface area (TPSA) is 848 Å². The van der Waals surface area contributed by atoms with Crippen molar-refractivity contribution >= 4 is 65.5 Å². The fourth-order valence-electron chi connectivity index (χ4n) is 16.4. The second-order valence-corrected chi connectivity index (χ2v) is 32.4. The van der Waals surface area contributed by atoms with Gasteiger partial charge in [-0.3, -0.25) is 4.79 Å². The van der Waals surface area contributed by atoms with E-state index >= 15 is 14.4 Å². The number of rotatable bonds is 21. The molecule has 0 amide bonds. The average molecular weight is 2000 g/mol. The number of carbonyl (C=O) groups excluding carboxylic acids is 11. The minimum atomic E-state index is -3.12. The maximum atomic E-state index is 15.3. The molecule has 11 aromatic rings. The standard InChI is InChI=1S/C76H52O46.C17H19NO4/c77-32-1-22(2-33(78)53(32)92)67(103)113-47-16-27(11-42(87)58(47)97)66(102)112-21-52-63(119-72(108)28-12-43(88)59(98)48(17-28)114-68(104)23-3-34(79)54(93)35(80)4-23)64(120-73(109)29-13-44(89)60(99)49(18-29)115-69(105)24-5-36(81)55(94)37(82)6-24)65(121-74(110)30-14-45(90)61(100)50(19-30)116-70(106)25-7-38(83)56(95)39(84)8-25)76(118-52)122-75(111)31-15-46(91)62(101)51(20-31)117-71(107)26-9-40(85)57(96)41(86)10-26;1-18-7-6-16-13-9-2-3-10(19)14(13)22-15(16)11(20)4-5-17(16,21)12(18)8-9/h1-20,52,63-65,76-101H,21H2;2-3,12,15,19,21H,4-8H2,1H3/t52-,63-,64+,65-,76+;12-,15+,16+,17-/m11/s1. The highest BCUT2D eigenvalue weighted by atomic mass is 16.8. The van der Waals surface area contributed by atoms with Gasteiger partial charge in [-0.15, -0.1) is 0 Å². The number of phenolic OH excluding ortho intramolecular Hbond substituents is 26. The first-order valence-corrected chi connectivity index (χ1v) is 41.1. The number of esters is 10. The third-order valence-electron chi connectivity index (χ3n) is 23.4. The van der Waals surface area contributed by atoms with Crippen molar-refractivity contribution < 1.29 is 247 Å². The van der Waals surface area contributed by atoms with Crippen molar-refractivity contribution in [2.45, 2.75) is 79.6 Å². The first-order valence-electron chi connectivity index (χ1n) is 41.1. The number of piperidine rings is 1. The predicted octanol–water partition coefficient (Wildman–Crippen LogP) is 5.58. The summed E-state index contributed by atoms with van der Waals surface area (Å²) in [5, 5.41) is 283. The predicted molar refractivity (Wildman–Crippen MR) is 461 cm³/mol. The molecule has 3 aliphatic heterocycles. The summed E-state index contributed by atoms with van der Waals surface area (Å²) in [4.78, 5) is 157. The number of Topliss-reactive ketones (excluding diaryl/α,β-unsaturated/α-hetero) is 1. The van der Waals surface area contributed by atoms with E-state index in [2.05, 4.69) is 4.90 Å². The van der Waals surface area contributed by atoms with E-state index in [1.54, 1.807) is 6.07 Å². The van der Waals surface area contributed by atoms with Crippen LogP contribution in [0.3, 0.4) is 0 Å². The molecule has 2 bridgehead atoms. The van der Waals surface area contributed by atoms with Gasteiger partial charge in [0.05, 0.1) is 66.7 Å². The molecule has 2 saturated heterocycles. The molecule has 2 aliphatic carbocycles. The number of aliphatic hydroxyl groups is 1. The summed E-state index contributed by atoms with van der Waals surface area (Å²) in [6.45, 7) is -0.880. The Morgan fingerprint density at radius 3 is 0.910 bits per heavy atom. The van der Waals surface area contributed by atoms with Crippen LogP contribution in [0.1, 0.15) is 134 Å². The molecule has 748 valence electrons. The second kappa shape index (κ2) is 37.6. The number of benzene rings is 11. The number of aromatic hydroxyl groups is 26. The summed E-state index contributed by atoms with van der Waals surface area (Å²) in [5.74, 6) is -55.4. The summed E-state index contributed by atoms with van der Waals surface area (Å²) < 4.78 is 66.4. The van der Waals surface area contributed by atoms with Gasteiger partial charge in [-0.05, 0) is 166 Å². The molecule has 0 unspecified atom stereocenters. The molecule has 11 aromatic carbocycles. The molecular formula is C93H71NO50. The summed E-state index contributed by atoms with van der Waals surface area (Å²) in [6, 6.07) is 12.1. The third kappa shape index (κ3) is 18.3. The number of phenols is 26. The number of carbonyl (C=O) groups is 11. The van der Waals surface area contributed by atoms with Crippen LogP contribution in [0, 0.1) is 0 Å². The summed E-state index contributed by atoms with van der Waals surface area (Å²) in [5.41, 5.74) is -9.52. The minimum Gasteiger partial charge on any atom is -0.504 e. The van der Waals surface area contributed by atoms with Gasteiger partial charge in [0.2, 0.25) is 41.1 Å². The van der Waals surface area contributed by atoms with Crippen LogP contribution in [0.5, 0.6) is 184 Å². The zero-order chi connectivity index (χ0) is 105. The fraction of sp³-hybridized carbons (Fsp3) is 0.172. The van der Waals surface area contributed by atoms with E-state index < -0.39 is 342 Å². The molecule has 9 atom stereocenters. The van der Waals surface area contributed by atoms with Crippen LogP contribution >= 0.6 is 0 Å². The Hall–Kier alpha value is -19.7. The number of likely N-dealkylation sites (N-methyl/N-ethyl adjacent to an activating group) is 1. The van der Waals surface area contributed by atoms with Crippen molar-refractivity contribution in [3.05, 3.63) is 200 Å². The molecule has 51 nitrogen and oxygen atoms in total. The van der Waals surface area contributed by atoms with E-state index in [0.717, 1.165) is 24.1 Å². The van der Waals surface area contributed by atoms with Crippen LogP contribution in [0.25, 0.3) is 0 Å². The summed E-state index contributed by atoms with van der Waals surface area (Å²) in [6.07, 6.45) is -13.4. The lowest BCUT2D eigenvalue weighted by Crippen LogP contribution is -2.76. The largest absolute Gasteiger partial charge is 0.504 e. The van der Waals surface area contributed by atoms with Gasteiger partial charge in [0.1, 0.15) is 12.7 Å². The Morgan fingerprint density at radius 2 is 0.597 bits per heavy atom. The van der Waals surface area contributed by atoms with E-state index in [0.29, 0.717) is 146 Å². The number of nitrogens with zero attached hydrogens (tertiary/aromatic N) is 1.